The Hall–Kier alpha value is -5.57. The zero-order valence-electron chi connectivity index (χ0n) is 35.3. The summed E-state index contributed by atoms with van der Waals surface area (Å²) in [5, 5.41) is 40.0. The molecule has 316 valence electrons. The Kier molecular flexibility index (Phi) is 13.1. The van der Waals surface area contributed by atoms with E-state index in [-0.39, 0.29) is 28.1 Å². The summed E-state index contributed by atoms with van der Waals surface area (Å²) in [4.78, 5) is 69.7. The number of anilines is 1. The number of carbonyl (C=O) groups excluding carboxylic acids is 5. The van der Waals surface area contributed by atoms with Crippen molar-refractivity contribution in [3.63, 3.8) is 0 Å². The highest BCUT2D eigenvalue weighted by molar-refractivity contribution is 6.33. The number of aromatic hydroxyl groups is 1. The second-order valence-electron chi connectivity index (χ2n) is 16.0. The molecular weight excluding hydrogens is 760 g/mol. The third-order valence-electron chi connectivity index (χ3n) is 11.4. The van der Waals surface area contributed by atoms with Crippen LogP contribution in [0, 0.1) is 44.4 Å². The molecule has 9 atom stereocenters. The minimum absolute atomic E-state index is 0.0154. The molecule has 14 heteroatoms. The smallest absolute Gasteiger partial charge is 0.312 e. The van der Waals surface area contributed by atoms with E-state index in [4.69, 9.17) is 18.9 Å². The van der Waals surface area contributed by atoms with Gasteiger partial charge in [0.05, 0.1) is 41.3 Å². The molecule has 0 radical (unpaired) electrons. The molecule has 2 aromatic carbocycles. The maximum Gasteiger partial charge on any atom is 0.312 e. The number of phenols is 1. The number of nitrogens with one attached hydrogen (secondary N) is 2. The number of aryl methyl sites for hydroxylation is 2. The molecule has 5 bridgehead atoms. The first-order valence-corrected chi connectivity index (χ1v) is 19.5. The average Bonchev–Trinajstić information content (AvgIpc) is 3.44. The number of fused-ring (bicyclic) bond motifs is 14. The van der Waals surface area contributed by atoms with Gasteiger partial charge >= 0.3 is 11.8 Å². The number of Topliss-reactive ketones (excluding diaryl/α,β-unsaturated/α-hetero) is 3. The number of amides is 1. The Morgan fingerprint density at radius 3 is 2.12 bits per heavy atom. The average molecular weight is 815 g/mol. The highest BCUT2D eigenvalue weighted by Crippen LogP contribution is 2.48. The van der Waals surface area contributed by atoms with Crippen LogP contribution in [0.15, 0.2) is 65.7 Å². The highest BCUT2D eigenvalue weighted by atomic mass is 16.7. The van der Waals surface area contributed by atoms with Gasteiger partial charge in [-0.05, 0) is 57.0 Å². The minimum Gasteiger partial charge on any atom is -0.507 e. The van der Waals surface area contributed by atoms with Crippen molar-refractivity contribution in [2.45, 2.75) is 99.4 Å². The fraction of sp³-hybridized carbons (Fsp3) is 0.444. The van der Waals surface area contributed by atoms with Crippen LogP contribution in [-0.2, 0) is 23.8 Å². The Labute approximate surface area is 343 Å². The Morgan fingerprint density at radius 1 is 0.864 bits per heavy atom. The predicted molar refractivity (Wildman–Crippen MR) is 218 cm³/mol. The van der Waals surface area contributed by atoms with Gasteiger partial charge < -0.3 is 44.9 Å². The number of methoxy groups -OCH3 is 1. The van der Waals surface area contributed by atoms with Crippen LogP contribution in [0.1, 0.15) is 96.2 Å². The van der Waals surface area contributed by atoms with E-state index in [0.717, 1.165) is 11.1 Å². The van der Waals surface area contributed by atoms with Gasteiger partial charge in [-0.3, -0.25) is 24.0 Å². The van der Waals surface area contributed by atoms with Crippen LogP contribution in [0.2, 0.25) is 0 Å². The topological polar surface area (TPSA) is 207 Å². The van der Waals surface area contributed by atoms with E-state index in [1.807, 2.05) is 19.9 Å². The zero-order valence-corrected chi connectivity index (χ0v) is 35.3. The number of allylic oxidation sites excluding steroid dienone is 4. The summed E-state index contributed by atoms with van der Waals surface area (Å²) in [5.74, 6) is -9.40. The Bertz CT molecular complexity index is 2180. The normalized spacial score (nSPS) is 29.1. The molecule has 0 saturated carbocycles. The van der Waals surface area contributed by atoms with E-state index in [1.165, 1.54) is 53.2 Å². The highest BCUT2D eigenvalue weighted by Gasteiger charge is 2.53. The number of phenolic OH excluding ortho intramolecular Hbond substituents is 1. The van der Waals surface area contributed by atoms with E-state index in [9.17, 15) is 39.3 Å². The van der Waals surface area contributed by atoms with Crippen LogP contribution in [0.5, 0.6) is 11.5 Å². The maximum atomic E-state index is 14.7. The SMILES string of the molecule is COC1C=COC2(C)Oc3c(C)c(O)c4c(c3C2=O)C(=O)C(Nc2cc(C)cc(C)c2)=C(NC(=O)C(C)=CC=CC(C)C(O)C(C)C(O)C(C)C(OC(C)=O)C1C)C4=O. The molecule has 1 aliphatic carbocycles. The van der Waals surface area contributed by atoms with Gasteiger partial charge in [0.25, 0.3) is 11.7 Å². The number of esters is 1. The van der Waals surface area contributed by atoms with Gasteiger partial charge in [-0.15, -0.1) is 0 Å². The molecule has 2 aromatic rings. The second-order valence-corrected chi connectivity index (χ2v) is 16.0. The number of aliphatic hydroxyl groups excluding tert-OH is 2. The number of aliphatic hydroxyl groups is 2. The molecule has 0 spiro atoms. The van der Waals surface area contributed by atoms with Gasteiger partial charge in [-0.2, -0.15) is 0 Å². The van der Waals surface area contributed by atoms with Crippen molar-refractivity contribution in [3.05, 3.63) is 99.1 Å². The summed E-state index contributed by atoms with van der Waals surface area (Å²) in [6.07, 6.45) is 3.36. The van der Waals surface area contributed by atoms with Crippen LogP contribution in [0.3, 0.4) is 0 Å². The molecule has 9 unspecified atom stereocenters. The lowest BCUT2D eigenvalue weighted by Crippen LogP contribution is -2.46. The van der Waals surface area contributed by atoms with Gasteiger partial charge in [-0.1, -0.05) is 52.0 Å². The van der Waals surface area contributed by atoms with Crippen molar-refractivity contribution in [3.8, 4) is 11.5 Å². The quantitative estimate of drug-likeness (QED) is 0.236. The molecule has 0 aromatic heterocycles. The fourth-order valence-corrected chi connectivity index (χ4v) is 8.00. The monoisotopic (exact) mass is 814 g/mol. The fourth-order valence-electron chi connectivity index (χ4n) is 8.00. The molecule has 0 saturated heterocycles. The number of hydrogen-bond acceptors (Lipinski definition) is 13. The number of hydrogen-bond donors (Lipinski definition) is 5. The number of ketones is 3. The van der Waals surface area contributed by atoms with E-state index in [0.29, 0.717) is 5.69 Å². The van der Waals surface area contributed by atoms with Crippen LogP contribution in [0.4, 0.5) is 5.69 Å². The first kappa shape index (κ1) is 44.5. The molecule has 5 N–H and O–H groups in total. The van der Waals surface area contributed by atoms with Gasteiger partial charge in [0.15, 0.2) is 0 Å². The minimum atomic E-state index is -2.10. The third kappa shape index (κ3) is 8.61. The van der Waals surface area contributed by atoms with Crippen LogP contribution < -0.4 is 15.4 Å². The summed E-state index contributed by atoms with van der Waals surface area (Å²) in [7, 11) is 1.42. The molecule has 0 fully saturated rings. The van der Waals surface area contributed by atoms with Gasteiger partial charge in [0.2, 0.25) is 11.6 Å². The number of rotatable bonds is 4. The molecule has 6 rings (SSSR count). The maximum absolute atomic E-state index is 14.7. The van der Waals surface area contributed by atoms with Crippen molar-refractivity contribution >= 4 is 34.9 Å². The molecule has 3 aliphatic heterocycles. The van der Waals surface area contributed by atoms with E-state index in [2.05, 4.69) is 10.6 Å². The second kappa shape index (κ2) is 17.3. The number of carbonyl (C=O) groups is 5. The first-order valence-electron chi connectivity index (χ1n) is 19.5. The van der Waals surface area contributed by atoms with Gasteiger partial charge in [0.1, 0.15) is 29.0 Å². The van der Waals surface area contributed by atoms with Crippen molar-refractivity contribution in [2.75, 3.05) is 12.4 Å². The molecule has 1 amide bonds. The zero-order chi connectivity index (χ0) is 43.8. The largest absolute Gasteiger partial charge is 0.507 e. The lowest BCUT2D eigenvalue weighted by Gasteiger charge is -2.38. The van der Waals surface area contributed by atoms with E-state index >= 15 is 0 Å². The van der Waals surface area contributed by atoms with Crippen LogP contribution >= 0.6 is 0 Å². The van der Waals surface area contributed by atoms with Crippen LogP contribution in [0.25, 0.3) is 0 Å². The molecular formula is C45H54N2O12. The van der Waals surface area contributed by atoms with E-state index < -0.39 is 106 Å². The Morgan fingerprint density at radius 2 is 1.51 bits per heavy atom. The first-order chi connectivity index (χ1) is 27.6. The van der Waals surface area contributed by atoms with Crippen molar-refractivity contribution in [1.82, 2.24) is 5.32 Å². The molecule has 14 nitrogen and oxygen atoms in total. The summed E-state index contributed by atoms with van der Waals surface area (Å²) < 4.78 is 23.5. The van der Waals surface area contributed by atoms with Gasteiger partial charge in [-0.25, -0.2) is 0 Å². The standard InChI is InChI=1S/C45H54N2O12/c1-20-17-21(2)19-29(18-20)46-34-35-40(53)32-31(39(34)52)33-42(27(8)38(32)51)59-45(10,43(33)54)57-16-15-30(56-11)24(5)41(58-28(9)48)26(7)37(50)25(6)36(49)22(3)13-12-14-23(4)44(55)47-35/h12-19,22,24-26,30,36-37,41,46,49-51H,1-11H3,(H,47,55). The predicted octanol–water partition coefficient (Wildman–Crippen LogP) is 5.69. The van der Waals surface area contributed by atoms with Crippen LogP contribution in [-0.4, -0.2) is 81.9 Å². The molecule has 4 aliphatic rings. The van der Waals surface area contributed by atoms with Crippen molar-refractivity contribution < 1.29 is 58.2 Å². The van der Waals surface area contributed by atoms with E-state index in [1.54, 1.807) is 52.0 Å². The van der Waals surface area contributed by atoms with Crippen molar-refractivity contribution in [1.29, 1.82) is 0 Å². The summed E-state index contributed by atoms with van der Waals surface area (Å²) >= 11 is 0. The molecule has 3 heterocycles. The summed E-state index contributed by atoms with van der Waals surface area (Å²) in [6.45, 7) is 16.0. The Balaban J connectivity index is 1.69. The van der Waals surface area contributed by atoms with Gasteiger partial charge in [0, 0.05) is 61.5 Å². The molecule has 59 heavy (non-hydrogen) atoms. The third-order valence-corrected chi connectivity index (χ3v) is 11.4. The number of benzene rings is 2. The lowest BCUT2D eigenvalue weighted by atomic mass is 9.78. The van der Waals surface area contributed by atoms with Crippen molar-refractivity contribution in [2.24, 2.45) is 23.7 Å². The summed E-state index contributed by atoms with van der Waals surface area (Å²) in [5.41, 5.74) is 0.214. The number of ether oxygens (including phenoxy) is 4. The lowest BCUT2D eigenvalue weighted by molar-refractivity contribution is -0.160. The summed E-state index contributed by atoms with van der Waals surface area (Å²) in [6, 6.07) is 5.39.